The molecule has 0 aromatic heterocycles. The molecular formula is C55H58F2N6O2. The van der Waals surface area contributed by atoms with Gasteiger partial charge in [-0.2, -0.15) is 0 Å². The summed E-state index contributed by atoms with van der Waals surface area (Å²) >= 11 is 0. The molecule has 8 rings (SSSR count). The van der Waals surface area contributed by atoms with Crippen LogP contribution in [0.2, 0.25) is 0 Å². The maximum Gasteiger partial charge on any atom is 0.162 e. The van der Waals surface area contributed by atoms with Crippen LogP contribution in [0.4, 0.5) is 20.2 Å². The number of benzene rings is 4. The van der Waals surface area contributed by atoms with Gasteiger partial charge in [-0.3, -0.25) is 19.6 Å². The van der Waals surface area contributed by atoms with Gasteiger partial charge in [0.1, 0.15) is 11.6 Å². The van der Waals surface area contributed by atoms with Crippen LogP contribution < -0.4 is 15.1 Å². The number of rotatable bonds is 14. The molecule has 4 heterocycles. The number of unbranched alkanes of at least 4 members (excludes halogenated alkanes) is 2. The second kappa shape index (κ2) is 24.0. The molecule has 4 aromatic rings. The Morgan fingerprint density at radius 2 is 1.02 bits per heavy atom. The number of hydrogen-bond acceptors (Lipinski definition) is 8. The minimum atomic E-state index is -0.277. The number of nitrogens with one attached hydrogen (secondary N) is 1. The van der Waals surface area contributed by atoms with Crippen LogP contribution in [0, 0.1) is 35.3 Å². The van der Waals surface area contributed by atoms with Gasteiger partial charge in [0.25, 0.3) is 0 Å². The smallest absolute Gasteiger partial charge is 0.162 e. The Bertz CT molecular complexity index is 2520. The molecule has 4 aliphatic heterocycles. The number of allylic oxidation sites excluding steroid dienone is 2. The van der Waals surface area contributed by atoms with Crippen molar-refractivity contribution < 1.29 is 18.4 Å². The van der Waals surface area contributed by atoms with Gasteiger partial charge in [0.15, 0.2) is 11.6 Å². The molecule has 0 bridgehead atoms. The molecule has 1 N–H and O–H groups in total. The summed E-state index contributed by atoms with van der Waals surface area (Å²) in [6.07, 6.45) is 14.9. The summed E-state index contributed by atoms with van der Waals surface area (Å²) in [6.45, 7) is 9.06. The molecule has 8 nitrogen and oxygen atoms in total. The molecule has 2 fully saturated rings. The molecule has 0 radical (unpaired) electrons. The summed E-state index contributed by atoms with van der Waals surface area (Å²) < 4.78 is 26.4. The predicted octanol–water partition coefficient (Wildman–Crippen LogP) is 9.12. The van der Waals surface area contributed by atoms with E-state index in [1.165, 1.54) is 35.4 Å². The van der Waals surface area contributed by atoms with Crippen molar-refractivity contribution in [1.82, 2.24) is 10.2 Å². The number of carbonyl (C=O) groups excluding carboxylic acids is 2. The van der Waals surface area contributed by atoms with E-state index in [0.29, 0.717) is 24.0 Å². The largest absolute Gasteiger partial charge is 0.368 e. The molecule has 4 aliphatic rings. The van der Waals surface area contributed by atoms with Crippen LogP contribution in [0.5, 0.6) is 0 Å². The highest BCUT2D eigenvalue weighted by molar-refractivity contribution is 5.97. The third-order valence-electron chi connectivity index (χ3n) is 12.0. The first kappa shape index (κ1) is 46.5. The molecule has 0 atom stereocenters. The molecular weight excluding hydrogens is 815 g/mol. The maximum absolute atomic E-state index is 13.2. The number of nitrogens with zero attached hydrogens (tertiary/aromatic N) is 5. The average Bonchev–Trinajstić information content (AvgIpc) is 4.08. The van der Waals surface area contributed by atoms with Gasteiger partial charge in [-0.05, 0) is 142 Å². The highest BCUT2D eigenvalue weighted by atomic mass is 19.1. The van der Waals surface area contributed by atoms with Crippen molar-refractivity contribution in [2.45, 2.75) is 51.4 Å². The van der Waals surface area contributed by atoms with Gasteiger partial charge in [-0.1, -0.05) is 35.8 Å². The molecule has 0 unspecified atom stereocenters. The number of carbonyl (C=O) groups is 2. The molecule has 334 valence electrons. The second-order valence-electron chi connectivity index (χ2n) is 16.8. The fourth-order valence-electron chi connectivity index (χ4n) is 8.11. The number of piperazine rings is 2. The Labute approximate surface area is 383 Å². The minimum Gasteiger partial charge on any atom is -0.368 e. The Morgan fingerprint density at radius 3 is 1.45 bits per heavy atom. The van der Waals surface area contributed by atoms with E-state index in [-0.39, 0.29) is 23.2 Å². The normalized spacial score (nSPS) is 15.6. The fraction of sp³-hybridized carbons (Fsp3) is 0.345. The number of anilines is 2. The SMILES string of the molecule is CN1CCN(c2ccc(C(=O)CCCCC3=CCN=C3)cc2C#Cc2ccc(F)cc2)CC1.O=C(CCCCC1=CCN=C1)c1ccc(N2CCNCC2)c(C#Cc2ccc(F)cc2)c1. The van der Waals surface area contributed by atoms with Crippen LogP contribution in [0.15, 0.2) is 118 Å². The number of likely N-dealkylation sites (N-methyl/N-ethyl adjacent to an activating group) is 1. The van der Waals surface area contributed by atoms with Gasteiger partial charge >= 0.3 is 0 Å². The molecule has 4 aromatic carbocycles. The number of Topliss-reactive ketones (excluding diaryl/α,β-unsaturated/α-hetero) is 2. The Balaban J connectivity index is 0.000000194. The van der Waals surface area contributed by atoms with Crippen LogP contribution >= 0.6 is 0 Å². The average molecular weight is 873 g/mol. The summed E-state index contributed by atoms with van der Waals surface area (Å²) in [4.78, 5) is 41.1. The first-order chi connectivity index (χ1) is 31.8. The summed E-state index contributed by atoms with van der Waals surface area (Å²) in [5, 5.41) is 3.37. The molecule has 10 heteroatoms. The van der Waals surface area contributed by atoms with Crippen molar-refractivity contribution in [1.29, 1.82) is 0 Å². The minimum absolute atomic E-state index is 0.149. The van der Waals surface area contributed by atoms with Crippen molar-refractivity contribution >= 4 is 35.4 Å². The lowest BCUT2D eigenvalue weighted by molar-refractivity contribution is 0.0971. The lowest BCUT2D eigenvalue weighted by Gasteiger charge is -2.34. The Hall–Kier alpha value is -6.46. The summed E-state index contributed by atoms with van der Waals surface area (Å²) in [5.74, 6) is 12.5. The first-order valence-electron chi connectivity index (χ1n) is 22.9. The summed E-state index contributed by atoms with van der Waals surface area (Å²) in [7, 11) is 2.13. The van der Waals surface area contributed by atoms with E-state index in [4.69, 9.17) is 0 Å². The third kappa shape index (κ3) is 14.3. The quantitative estimate of drug-likeness (QED) is 0.0774. The monoisotopic (exact) mass is 872 g/mol. The number of aliphatic imine (C=N–C) groups is 2. The van der Waals surface area contributed by atoms with Gasteiger partial charge in [-0.15, -0.1) is 0 Å². The van der Waals surface area contributed by atoms with E-state index in [1.54, 1.807) is 24.3 Å². The molecule has 0 spiro atoms. The zero-order chi connectivity index (χ0) is 45.2. The van der Waals surface area contributed by atoms with Crippen molar-refractivity contribution in [3.63, 3.8) is 0 Å². The van der Waals surface area contributed by atoms with E-state index < -0.39 is 0 Å². The molecule has 0 amide bonds. The topological polar surface area (TPSA) is 80.6 Å². The van der Waals surface area contributed by atoms with Crippen LogP contribution in [-0.4, -0.2) is 101 Å². The van der Waals surface area contributed by atoms with Crippen LogP contribution in [0.25, 0.3) is 0 Å². The highest BCUT2D eigenvalue weighted by Gasteiger charge is 2.19. The highest BCUT2D eigenvalue weighted by Crippen LogP contribution is 2.26. The molecule has 2 saturated heterocycles. The van der Waals surface area contributed by atoms with E-state index in [2.05, 4.69) is 72.9 Å². The van der Waals surface area contributed by atoms with Crippen LogP contribution in [-0.2, 0) is 0 Å². The van der Waals surface area contributed by atoms with E-state index in [9.17, 15) is 18.4 Å². The van der Waals surface area contributed by atoms with Gasteiger partial charge < -0.3 is 20.0 Å². The van der Waals surface area contributed by atoms with Crippen LogP contribution in [0.1, 0.15) is 94.3 Å². The van der Waals surface area contributed by atoms with E-state index in [0.717, 1.165) is 138 Å². The van der Waals surface area contributed by atoms with Crippen LogP contribution in [0.3, 0.4) is 0 Å². The number of ketones is 2. The maximum atomic E-state index is 13.2. The van der Waals surface area contributed by atoms with Crippen molar-refractivity contribution in [2.24, 2.45) is 9.98 Å². The standard InChI is InChI=1S/C28H30FN3O.C27H28FN3O/c1-31-16-18-32(19-17-31)27-13-10-25(28(33)5-3-2-4-23-14-15-30-21-23)20-24(27)9-6-22-7-11-26(29)12-8-22;28-25-10-6-21(7-11-25)5-8-23-19-24(9-12-26(23)31-17-15-29-16-18-31)27(32)4-2-1-3-22-13-14-30-20-22/h7-8,10-14,20-21H,2-5,15-19H2,1H3;6-7,9-13,19-20,29H,1-4,14-18H2. The van der Waals surface area contributed by atoms with Crippen molar-refractivity contribution in [3.05, 3.63) is 153 Å². The summed E-state index contributed by atoms with van der Waals surface area (Å²) in [6, 6.07) is 24.1. The molecule has 0 aliphatic carbocycles. The van der Waals surface area contributed by atoms with Gasteiger partial charge in [0.2, 0.25) is 0 Å². The van der Waals surface area contributed by atoms with E-state index >= 15 is 0 Å². The third-order valence-corrected chi connectivity index (χ3v) is 12.0. The fourth-order valence-corrected chi connectivity index (χ4v) is 8.11. The zero-order valence-electron chi connectivity index (χ0n) is 37.4. The number of halogens is 2. The first-order valence-corrected chi connectivity index (χ1v) is 22.9. The molecule has 0 saturated carbocycles. The van der Waals surface area contributed by atoms with E-state index in [1.807, 2.05) is 48.8 Å². The van der Waals surface area contributed by atoms with Crippen molar-refractivity contribution in [2.75, 3.05) is 82.3 Å². The Morgan fingerprint density at radius 1 is 0.569 bits per heavy atom. The van der Waals surface area contributed by atoms with Gasteiger partial charge in [-0.25, -0.2) is 8.78 Å². The molecule has 65 heavy (non-hydrogen) atoms. The predicted molar refractivity (Wildman–Crippen MR) is 261 cm³/mol. The van der Waals surface area contributed by atoms with Gasteiger partial charge in [0.05, 0.1) is 24.5 Å². The lowest BCUT2D eigenvalue weighted by atomic mass is 9.99. The summed E-state index contributed by atoms with van der Waals surface area (Å²) in [5.41, 5.74) is 9.25. The van der Waals surface area contributed by atoms with Crippen molar-refractivity contribution in [3.8, 4) is 23.7 Å². The zero-order valence-corrected chi connectivity index (χ0v) is 37.4. The Kier molecular flexibility index (Phi) is 17.2. The second-order valence-corrected chi connectivity index (χ2v) is 16.8. The number of hydrogen-bond donors (Lipinski definition) is 1. The van der Waals surface area contributed by atoms with Gasteiger partial charge in [0, 0.05) is 111 Å². The lowest BCUT2D eigenvalue weighted by Crippen LogP contribution is -2.44.